The predicted octanol–water partition coefficient (Wildman–Crippen LogP) is 3.23. The van der Waals surface area contributed by atoms with Gasteiger partial charge in [0.1, 0.15) is 0 Å². The Morgan fingerprint density at radius 3 is 2.75 bits per heavy atom. The van der Waals surface area contributed by atoms with Gasteiger partial charge in [-0.2, -0.15) is 0 Å². The highest BCUT2D eigenvalue weighted by atomic mass is 32.1. The molecule has 4 nitrogen and oxygen atoms in total. The van der Waals surface area contributed by atoms with E-state index in [1.165, 1.54) is 4.88 Å². The van der Waals surface area contributed by atoms with E-state index >= 15 is 0 Å². The Morgan fingerprint density at radius 1 is 1.08 bits per heavy atom. The monoisotopic (exact) mass is 339 g/mol. The van der Waals surface area contributed by atoms with Crippen LogP contribution < -0.4 is 0 Å². The van der Waals surface area contributed by atoms with Gasteiger partial charge in [0.15, 0.2) is 0 Å². The molecular formula is C19H21N3OS. The van der Waals surface area contributed by atoms with Crippen molar-refractivity contribution in [3.63, 3.8) is 0 Å². The fourth-order valence-corrected chi connectivity index (χ4v) is 4.04. The van der Waals surface area contributed by atoms with Gasteiger partial charge in [-0.25, -0.2) is 0 Å². The van der Waals surface area contributed by atoms with Crippen LogP contribution >= 0.6 is 11.3 Å². The minimum absolute atomic E-state index is 0.151. The van der Waals surface area contributed by atoms with E-state index < -0.39 is 0 Å². The van der Waals surface area contributed by atoms with Crippen molar-refractivity contribution in [2.45, 2.75) is 6.42 Å². The molecule has 1 aliphatic heterocycles. The number of thiophene rings is 1. The molecule has 0 spiro atoms. The van der Waals surface area contributed by atoms with Gasteiger partial charge in [0, 0.05) is 60.3 Å². The Bertz CT molecular complexity index is 816. The second-order valence-corrected chi connectivity index (χ2v) is 7.24. The van der Waals surface area contributed by atoms with Crippen molar-refractivity contribution in [2.75, 3.05) is 32.7 Å². The van der Waals surface area contributed by atoms with Crippen LogP contribution in [0.4, 0.5) is 0 Å². The second-order valence-electron chi connectivity index (χ2n) is 6.21. The van der Waals surface area contributed by atoms with Crippen LogP contribution in [0, 0.1) is 0 Å². The maximum atomic E-state index is 12.9. The molecule has 0 bridgehead atoms. The van der Waals surface area contributed by atoms with Crippen LogP contribution in [0.2, 0.25) is 0 Å². The number of nitrogens with zero attached hydrogens (tertiary/aromatic N) is 2. The van der Waals surface area contributed by atoms with Crippen LogP contribution in [0.3, 0.4) is 0 Å². The Balaban J connectivity index is 1.37. The van der Waals surface area contributed by atoms with E-state index in [1.807, 2.05) is 46.7 Å². The molecule has 0 atom stereocenters. The lowest BCUT2D eigenvalue weighted by molar-refractivity contribution is 0.0640. The van der Waals surface area contributed by atoms with Gasteiger partial charge in [-0.15, -0.1) is 11.3 Å². The molecule has 1 N–H and O–H groups in total. The molecule has 1 amide bonds. The van der Waals surface area contributed by atoms with Gasteiger partial charge in [0.05, 0.1) is 0 Å². The van der Waals surface area contributed by atoms with Gasteiger partial charge in [-0.3, -0.25) is 9.69 Å². The third kappa shape index (κ3) is 3.09. The summed E-state index contributed by atoms with van der Waals surface area (Å²) in [5, 5.41) is 3.15. The summed E-state index contributed by atoms with van der Waals surface area (Å²) in [5.74, 6) is 0.151. The highest BCUT2D eigenvalue weighted by Gasteiger charge is 2.23. The molecule has 0 radical (unpaired) electrons. The molecule has 124 valence electrons. The third-order valence-corrected chi connectivity index (χ3v) is 5.68. The second kappa shape index (κ2) is 6.79. The Morgan fingerprint density at radius 2 is 1.96 bits per heavy atom. The number of piperazine rings is 1. The first kappa shape index (κ1) is 15.4. The standard InChI is InChI=1S/C19H21N3OS/c23-19(17-4-1-5-18-16(17)6-8-20-18)22-12-10-21(11-13-22)9-7-15-3-2-14-24-15/h1-6,8,14,20H,7,9-13H2. The molecule has 0 unspecified atom stereocenters. The third-order valence-electron chi connectivity index (χ3n) is 4.74. The smallest absolute Gasteiger partial charge is 0.254 e. The van der Waals surface area contributed by atoms with E-state index in [4.69, 9.17) is 0 Å². The van der Waals surface area contributed by atoms with Crippen molar-refractivity contribution in [2.24, 2.45) is 0 Å². The number of fused-ring (bicyclic) bond motifs is 1. The number of aromatic nitrogens is 1. The zero-order valence-electron chi connectivity index (χ0n) is 13.6. The fourth-order valence-electron chi connectivity index (χ4n) is 3.34. The first-order valence-corrected chi connectivity index (χ1v) is 9.29. The van der Waals surface area contributed by atoms with Crippen molar-refractivity contribution < 1.29 is 4.79 Å². The van der Waals surface area contributed by atoms with Gasteiger partial charge >= 0.3 is 0 Å². The first-order valence-electron chi connectivity index (χ1n) is 8.41. The normalized spacial score (nSPS) is 15.9. The maximum Gasteiger partial charge on any atom is 0.254 e. The predicted molar refractivity (Wildman–Crippen MR) is 98.7 cm³/mol. The van der Waals surface area contributed by atoms with E-state index in [0.717, 1.165) is 55.6 Å². The largest absolute Gasteiger partial charge is 0.361 e. The van der Waals surface area contributed by atoms with E-state index in [0.29, 0.717) is 0 Å². The Hall–Kier alpha value is -2.11. The summed E-state index contributed by atoms with van der Waals surface area (Å²) in [5.41, 5.74) is 1.83. The number of amides is 1. The van der Waals surface area contributed by atoms with Crippen molar-refractivity contribution >= 4 is 28.1 Å². The number of carbonyl (C=O) groups excluding carboxylic acids is 1. The maximum absolute atomic E-state index is 12.9. The van der Waals surface area contributed by atoms with Crippen LogP contribution in [-0.4, -0.2) is 53.4 Å². The van der Waals surface area contributed by atoms with Crippen LogP contribution in [0.5, 0.6) is 0 Å². The molecule has 2 aromatic heterocycles. The van der Waals surface area contributed by atoms with Crippen LogP contribution in [0.25, 0.3) is 10.9 Å². The minimum Gasteiger partial charge on any atom is -0.361 e. The summed E-state index contributed by atoms with van der Waals surface area (Å²) in [6, 6.07) is 12.2. The first-order chi connectivity index (χ1) is 11.8. The number of nitrogens with one attached hydrogen (secondary N) is 1. The number of hydrogen-bond donors (Lipinski definition) is 1. The zero-order chi connectivity index (χ0) is 16.4. The number of aromatic amines is 1. The SMILES string of the molecule is O=C(c1cccc2[nH]ccc12)N1CCN(CCc2cccs2)CC1. The van der Waals surface area contributed by atoms with Gasteiger partial charge in [-0.1, -0.05) is 12.1 Å². The molecule has 24 heavy (non-hydrogen) atoms. The number of benzene rings is 1. The molecule has 3 aromatic rings. The van der Waals surface area contributed by atoms with E-state index in [-0.39, 0.29) is 5.91 Å². The average Bonchev–Trinajstić information content (AvgIpc) is 3.31. The molecule has 1 saturated heterocycles. The zero-order valence-corrected chi connectivity index (χ0v) is 14.4. The topological polar surface area (TPSA) is 39.3 Å². The quantitative estimate of drug-likeness (QED) is 0.793. The lowest BCUT2D eigenvalue weighted by atomic mass is 10.1. The summed E-state index contributed by atoms with van der Waals surface area (Å²) >= 11 is 1.82. The van der Waals surface area contributed by atoms with Crippen molar-refractivity contribution in [1.29, 1.82) is 0 Å². The lowest BCUT2D eigenvalue weighted by Gasteiger charge is -2.34. The van der Waals surface area contributed by atoms with Crippen molar-refractivity contribution in [1.82, 2.24) is 14.8 Å². The van der Waals surface area contributed by atoms with E-state index in [1.54, 1.807) is 0 Å². The summed E-state index contributed by atoms with van der Waals surface area (Å²) in [6.45, 7) is 4.62. The molecular weight excluding hydrogens is 318 g/mol. The van der Waals surface area contributed by atoms with Crippen molar-refractivity contribution in [3.8, 4) is 0 Å². The number of rotatable bonds is 4. The molecule has 1 aromatic carbocycles. The molecule has 1 fully saturated rings. The molecule has 0 aliphatic carbocycles. The highest BCUT2D eigenvalue weighted by Crippen LogP contribution is 2.20. The molecule has 5 heteroatoms. The van der Waals surface area contributed by atoms with Gasteiger partial charge in [0.2, 0.25) is 0 Å². The van der Waals surface area contributed by atoms with E-state index in [2.05, 4.69) is 27.4 Å². The number of hydrogen-bond acceptors (Lipinski definition) is 3. The van der Waals surface area contributed by atoms with Crippen LogP contribution in [-0.2, 0) is 6.42 Å². The number of carbonyl (C=O) groups is 1. The van der Waals surface area contributed by atoms with Crippen molar-refractivity contribution in [3.05, 3.63) is 58.4 Å². The van der Waals surface area contributed by atoms with Gasteiger partial charge < -0.3 is 9.88 Å². The Kier molecular flexibility index (Phi) is 4.36. The average molecular weight is 339 g/mol. The lowest BCUT2D eigenvalue weighted by Crippen LogP contribution is -2.49. The molecule has 4 rings (SSSR count). The minimum atomic E-state index is 0.151. The fraction of sp³-hybridized carbons (Fsp3) is 0.316. The Labute approximate surface area is 145 Å². The van der Waals surface area contributed by atoms with Crippen LogP contribution in [0.1, 0.15) is 15.2 Å². The van der Waals surface area contributed by atoms with Crippen LogP contribution in [0.15, 0.2) is 48.0 Å². The summed E-state index contributed by atoms with van der Waals surface area (Å²) < 4.78 is 0. The molecule has 0 saturated carbocycles. The van der Waals surface area contributed by atoms with E-state index in [9.17, 15) is 4.79 Å². The highest BCUT2D eigenvalue weighted by molar-refractivity contribution is 7.09. The molecule has 3 heterocycles. The molecule has 1 aliphatic rings. The van der Waals surface area contributed by atoms with Gasteiger partial charge in [-0.05, 0) is 36.1 Å². The summed E-state index contributed by atoms with van der Waals surface area (Å²) in [6.07, 6.45) is 3.00. The van der Waals surface area contributed by atoms with Gasteiger partial charge in [0.25, 0.3) is 5.91 Å². The summed E-state index contributed by atoms with van der Waals surface area (Å²) in [7, 11) is 0. The summed E-state index contributed by atoms with van der Waals surface area (Å²) in [4.78, 5) is 21.9. The number of H-pyrrole nitrogens is 1.